The standard InChI is InChI=1S/C16H21NO4/c1-16(2,3)21-15(19)17-10-9-11-7-5-6-8-12(11)13(17)14(18)20-4/h5-8,13H,9-10H2,1-4H3. The van der Waals surface area contributed by atoms with Crippen molar-refractivity contribution in [1.82, 2.24) is 4.90 Å². The van der Waals surface area contributed by atoms with Gasteiger partial charge in [-0.2, -0.15) is 0 Å². The summed E-state index contributed by atoms with van der Waals surface area (Å²) in [6.45, 7) is 5.84. The predicted octanol–water partition coefficient (Wildman–Crippen LogP) is 2.69. The van der Waals surface area contributed by atoms with E-state index in [0.717, 1.165) is 11.1 Å². The highest BCUT2D eigenvalue weighted by Crippen LogP contribution is 2.31. The quantitative estimate of drug-likeness (QED) is 0.746. The second-order valence-corrected chi connectivity index (χ2v) is 6.05. The number of amides is 1. The van der Waals surface area contributed by atoms with Gasteiger partial charge in [0, 0.05) is 6.54 Å². The van der Waals surface area contributed by atoms with Crippen LogP contribution in [-0.2, 0) is 20.7 Å². The normalized spacial score (nSPS) is 17.9. The average Bonchev–Trinajstić information content (AvgIpc) is 2.43. The van der Waals surface area contributed by atoms with Gasteiger partial charge in [0.1, 0.15) is 5.60 Å². The van der Waals surface area contributed by atoms with Gasteiger partial charge in [0.05, 0.1) is 7.11 Å². The van der Waals surface area contributed by atoms with Crippen LogP contribution in [0, 0.1) is 0 Å². The molecule has 1 aliphatic heterocycles. The number of ether oxygens (including phenoxy) is 2. The topological polar surface area (TPSA) is 55.8 Å². The second-order valence-electron chi connectivity index (χ2n) is 6.05. The maximum Gasteiger partial charge on any atom is 0.411 e. The van der Waals surface area contributed by atoms with Crippen molar-refractivity contribution in [2.24, 2.45) is 0 Å². The lowest BCUT2D eigenvalue weighted by Crippen LogP contribution is -2.46. The van der Waals surface area contributed by atoms with E-state index in [4.69, 9.17) is 9.47 Å². The lowest BCUT2D eigenvalue weighted by Gasteiger charge is -2.36. The highest BCUT2D eigenvalue weighted by Gasteiger charge is 2.38. The Morgan fingerprint density at radius 3 is 2.52 bits per heavy atom. The Bertz CT molecular complexity index is 547. The second kappa shape index (κ2) is 5.76. The van der Waals surface area contributed by atoms with E-state index in [0.29, 0.717) is 13.0 Å². The Labute approximate surface area is 124 Å². The highest BCUT2D eigenvalue weighted by molar-refractivity contribution is 5.84. The molecule has 0 saturated heterocycles. The SMILES string of the molecule is COC(=O)C1c2ccccc2CCN1C(=O)OC(C)(C)C. The van der Waals surface area contributed by atoms with Gasteiger partial charge >= 0.3 is 12.1 Å². The smallest absolute Gasteiger partial charge is 0.411 e. The summed E-state index contributed by atoms with van der Waals surface area (Å²) in [6, 6.07) is 6.87. The number of hydrogen-bond acceptors (Lipinski definition) is 4. The van der Waals surface area contributed by atoms with Gasteiger partial charge in [-0.05, 0) is 38.3 Å². The van der Waals surface area contributed by atoms with Gasteiger partial charge < -0.3 is 9.47 Å². The number of nitrogens with zero attached hydrogens (tertiary/aromatic N) is 1. The highest BCUT2D eigenvalue weighted by atomic mass is 16.6. The number of carbonyl (C=O) groups excluding carboxylic acids is 2. The van der Waals surface area contributed by atoms with Crippen LogP contribution in [0.2, 0.25) is 0 Å². The molecule has 5 heteroatoms. The summed E-state index contributed by atoms with van der Waals surface area (Å²) in [4.78, 5) is 25.9. The average molecular weight is 291 g/mol. The van der Waals surface area contributed by atoms with E-state index in [1.807, 2.05) is 24.3 Å². The van der Waals surface area contributed by atoms with Gasteiger partial charge in [0.15, 0.2) is 6.04 Å². The van der Waals surface area contributed by atoms with Gasteiger partial charge in [-0.25, -0.2) is 9.59 Å². The van der Waals surface area contributed by atoms with Gasteiger partial charge in [-0.15, -0.1) is 0 Å². The molecule has 114 valence electrons. The summed E-state index contributed by atoms with van der Waals surface area (Å²) in [5, 5.41) is 0. The molecule has 5 nitrogen and oxygen atoms in total. The molecule has 1 atom stereocenters. The first-order valence-corrected chi connectivity index (χ1v) is 6.99. The number of methoxy groups -OCH3 is 1. The maximum absolute atomic E-state index is 12.4. The molecule has 0 aromatic heterocycles. The van der Waals surface area contributed by atoms with Crippen molar-refractivity contribution in [2.75, 3.05) is 13.7 Å². The summed E-state index contributed by atoms with van der Waals surface area (Å²) in [5.41, 5.74) is 1.27. The summed E-state index contributed by atoms with van der Waals surface area (Å²) in [5.74, 6) is -0.451. The summed E-state index contributed by atoms with van der Waals surface area (Å²) < 4.78 is 10.3. The Balaban J connectivity index is 2.34. The van der Waals surface area contributed by atoms with Gasteiger partial charge in [0.2, 0.25) is 0 Å². The van der Waals surface area contributed by atoms with Crippen molar-refractivity contribution in [3.8, 4) is 0 Å². The molecule has 21 heavy (non-hydrogen) atoms. The Morgan fingerprint density at radius 2 is 1.90 bits per heavy atom. The zero-order chi connectivity index (χ0) is 15.6. The van der Waals surface area contributed by atoms with Crippen molar-refractivity contribution in [2.45, 2.75) is 38.8 Å². The first-order valence-electron chi connectivity index (χ1n) is 6.99. The molecule has 1 amide bonds. The number of benzene rings is 1. The van der Waals surface area contributed by atoms with E-state index in [9.17, 15) is 9.59 Å². The molecule has 1 unspecified atom stereocenters. The predicted molar refractivity (Wildman–Crippen MR) is 77.8 cm³/mol. The minimum absolute atomic E-state index is 0.436. The summed E-state index contributed by atoms with van der Waals surface area (Å²) in [6.07, 6.45) is 0.204. The van der Waals surface area contributed by atoms with Crippen molar-refractivity contribution in [1.29, 1.82) is 0 Å². The molecule has 0 fully saturated rings. The first-order chi connectivity index (χ1) is 9.83. The van der Waals surface area contributed by atoms with E-state index >= 15 is 0 Å². The first kappa shape index (κ1) is 15.4. The number of fused-ring (bicyclic) bond motifs is 1. The van der Waals surface area contributed by atoms with Crippen LogP contribution in [-0.4, -0.2) is 36.2 Å². The molecule has 0 bridgehead atoms. The lowest BCUT2D eigenvalue weighted by molar-refractivity contribution is -0.147. The fourth-order valence-corrected chi connectivity index (χ4v) is 2.45. The third-order valence-electron chi connectivity index (χ3n) is 3.34. The molecule has 0 spiro atoms. The lowest BCUT2D eigenvalue weighted by atomic mass is 9.93. The molecular formula is C16H21NO4. The van der Waals surface area contributed by atoms with Crippen LogP contribution in [0.25, 0.3) is 0 Å². The minimum Gasteiger partial charge on any atom is -0.467 e. The van der Waals surface area contributed by atoms with Crippen molar-refractivity contribution < 1.29 is 19.1 Å². The largest absolute Gasteiger partial charge is 0.467 e. The molecule has 1 heterocycles. The van der Waals surface area contributed by atoms with E-state index < -0.39 is 23.7 Å². The van der Waals surface area contributed by atoms with Gasteiger partial charge in [-0.1, -0.05) is 24.3 Å². The van der Waals surface area contributed by atoms with Crippen LogP contribution >= 0.6 is 0 Å². The minimum atomic E-state index is -0.741. The van der Waals surface area contributed by atoms with Crippen LogP contribution in [0.5, 0.6) is 0 Å². The monoisotopic (exact) mass is 291 g/mol. The molecule has 0 saturated carbocycles. The zero-order valence-corrected chi connectivity index (χ0v) is 12.9. The fourth-order valence-electron chi connectivity index (χ4n) is 2.45. The molecule has 1 aliphatic rings. The van der Waals surface area contributed by atoms with Crippen LogP contribution < -0.4 is 0 Å². The van der Waals surface area contributed by atoms with Crippen molar-refractivity contribution in [3.05, 3.63) is 35.4 Å². The molecular weight excluding hydrogens is 270 g/mol. The van der Waals surface area contributed by atoms with Crippen molar-refractivity contribution >= 4 is 12.1 Å². The number of esters is 1. The van der Waals surface area contributed by atoms with Crippen LogP contribution in [0.3, 0.4) is 0 Å². The van der Waals surface area contributed by atoms with Crippen molar-refractivity contribution in [3.63, 3.8) is 0 Å². The number of carbonyl (C=O) groups is 2. The van der Waals surface area contributed by atoms with E-state index in [1.165, 1.54) is 12.0 Å². The molecule has 1 aromatic rings. The fraction of sp³-hybridized carbons (Fsp3) is 0.500. The Kier molecular flexibility index (Phi) is 4.21. The van der Waals surface area contributed by atoms with Gasteiger partial charge in [-0.3, -0.25) is 4.90 Å². The van der Waals surface area contributed by atoms with Crippen LogP contribution in [0.1, 0.15) is 37.9 Å². The van der Waals surface area contributed by atoms with Crippen LogP contribution in [0.4, 0.5) is 4.79 Å². The number of hydrogen-bond donors (Lipinski definition) is 0. The molecule has 1 aromatic carbocycles. The Morgan fingerprint density at radius 1 is 1.24 bits per heavy atom. The maximum atomic E-state index is 12.4. The Hall–Kier alpha value is -2.04. The number of rotatable bonds is 1. The van der Waals surface area contributed by atoms with Gasteiger partial charge in [0.25, 0.3) is 0 Å². The molecule has 0 aliphatic carbocycles. The molecule has 0 radical (unpaired) electrons. The zero-order valence-electron chi connectivity index (χ0n) is 12.9. The van der Waals surface area contributed by atoms with E-state index in [-0.39, 0.29) is 0 Å². The van der Waals surface area contributed by atoms with E-state index in [1.54, 1.807) is 20.8 Å². The summed E-state index contributed by atoms with van der Waals surface area (Å²) in [7, 11) is 1.33. The molecule has 0 N–H and O–H groups in total. The third-order valence-corrected chi connectivity index (χ3v) is 3.34. The third kappa shape index (κ3) is 3.35. The molecule has 2 rings (SSSR count). The summed E-state index contributed by atoms with van der Waals surface area (Å²) >= 11 is 0. The van der Waals surface area contributed by atoms with Crippen LogP contribution in [0.15, 0.2) is 24.3 Å². The van der Waals surface area contributed by atoms with E-state index in [2.05, 4.69) is 0 Å².